The van der Waals surface area contributed by atoms with Gasteiger partial charge in [-0.25, -0.2) is 4.98 Å². The van der Waals surface area contributed by atoms with E-state index in [1.807, 2.05) is 11.5 Å². The van der Waals surface area contributed by atoms with E-state index in [-0.39, 0.29) is 12.5 Å². The summed E-state index contributed by atoms with van der Waals surface area (Å²) in [6.45, 7) is 3.04. The number of rotatable bonds is 3. The second kappa shape index (κ2) is 5.08. The molecular weight excluding hydrogens is 274 g/mol. The average Bonchev–Trinajstić information content (AvgIpc) is 3.14. The number of carbonyl (C=O) groups excluding carboxylic acids is 1. The number of carbonyl (C=O) groups is 2. The first-order valence-electron chi connectivity index (χ1n) is 6.70. The van der Waals surface area contributed by atoms with Crippen LogP contribution in [0.4, 0.5) is 0 Å². The lowest BCUT2D eigenvalue weighted by Gasteiger charge is -2.30. The predicted octanol–water partition coefficient (Wildman–Crippen LogP) is 1.32. The average molecular weight is 289 g/mol. The van der Waals surface area contributed by atoms with E-state index < -0.39 is 11.9 Å². The molecule has 0 unspecified atom stereocenters. The van der Waals surface area contributed by atoms with Crippen LogP contribution in [-0.4, -0.2) is 38.0 Å². The molecule has 1 atom stereocenters. The van der Waals surface area contributed by atoms with E-state index in [0.717, 1.165) is 0 Å². The van der Waals surface area contributed by atoms with Crippen LogP contribution < -0.4 is 0 Å². The van der Waals surface area contributed by atoms with Gasteiger partial charge in [-0.05, 0) is 13.0 Å². The topological polar surface area (TPSA) is 88.6 Å². The number of carboxylic acids is 1. The Morgan fingerprint density at radius 2 is 2.33 bits per heavy atom. The molecule has 110 valence electrons. The number of furan rings is 1. The third-order valence-corrected chi connectivity index (χ3v) is 3.73. The Kier molecular flexibility index (Phi) is 3.25. The first-order valence-corrected chi connectivity index (χ1v) is 6.70. The van der Waals surface area contributed by atoms with E-state index in [2.05, 4.69) is 4.98 Å². The Hall–Kier alpha value is -2.57. The molecule has 0 saturated carbocycles. The van der Waals surface area contributed by atoms with E-state index >= 15 is 0 Å². The van der Waals surface area contributed by atoms with Gasteiger partial charge in [0.15, 0.2) is 0 Å². The number of aryl methyl sites for hydroxylation is 1. The summed E-state index contributed by atoms with van der Waals surface area (Å²) in [4.78, 5) is 29.6. The van der Waals surface area contributed by atoms with E-state index in [4.69, 9.17) is 4.42 Å². The van der Waals surface area contributed by atoms with Crippen LogP contribution >= 0.6 is 0 Å². The number of nitrogens with zero attached hydrogens (tertiary/aromatic N) is 3. The number of aliphatic carboxylic acids is 1. The zero-order valence-electron chi connectivity index (χ0n) is 11.5. The predicted molar refractivity (Wildman–Crippen MR) is 71.7 cm³/mol. The molecule has 0 radical (unpaired) electrons. The molecule has 7 heteroatoms. The van der Waals surface area contributed by atoms with Crippen LogP contribution in [-0.2, 0) is 17.9 Å². The van der Waals surface area contributed by atoms with Crippen LogP contribution in [0.15, 0.2) is 29.3 Å². The summed E-state index contributed by atoms with van der Waals surface area (Å²) in [6.07, 6.45) is 4.41. The highest BCUT2D eigenvalue weighted by atomic mass is 16.4. The van der Waals surface area contributed by atoms with Crippen molar-refractivity contribution in [1.29, 1.82) is 0 Å². The molecule has 0 aliphatic carbocycles. The lowest BCUT2D eigenvalue weighted by molar-refractivity contribution is -0.139. The van der Waals surface area contributed by atoms with Crippen molar-refractivity contribution in [3.63, 3.8) is 0 Å². The number of aromatic nitrogens is 2. The van der Waals surface area contributed by atoms with Crippen molar-refractivity contribution in [2.75, 3.05) is 6.54 Å². The lowest BCUT2D eigenvalue weighted by atomic mass is 9.97. The summed E-state index contributed by atoms with van der Waals surface area (Å²) >= 11 is 0. The second-order valence-electron chi connectivity index (χ2n) is 4.95. The van der Waals surface area contributed by atoms with Crippen molar-refractivity contribution in [3.8, 4) is 0 Å². The first-order chi connectivity index (χ1) is 10.1. The first kappa shape index (κ1) is 13.4. The molecule has 1 aliphatic heterocycles. The molecule has 1 aliphatic rings. The summed E-state index contributed by atoms with van der Waals surface area (Å²) in [5, 5.41) is 9.46. The summed E-state index contributed by atoms with van der Waals surface area (Å²) < 4.78 is 6.74. The van der Waals surface area contributed by atoms with Gasteiger partial charge in [0.2, 0.25) is 0 Å². The van der Waals surface area contributed by atoms with Gasteiger partial charge in [0.05, 0.1) is 36.1 Å². The minimum atomic E-state index is -0.948. The fourth-order valence-corrected chi connectivity index (χ4v) is 2.68. The van der Waals surface area contributed by atoms with Crippen molar-refractivity contribution < 1.29 is 19.1 Å². The summed E-state index contributed by atoms with van der Waals surface area (Å²) in [7, 11) is 0. The quantitative estimate of drug-likeness (QED) is 0.920. The monoisotopic (exact) mass is 289 g/mol. The van der Waals surface area contributed by atoms with Crippen molar-refractivity contribution in [3.05, 3.63) is 41.9 Å². The van der Waals surface area contributed by atoms with Crippen LogP contribution in [0.2, 0.25) is 0 Å². The van der Waals surface area contributed by atoms with Crippen molar-refractivity contribution >= 4 is 11.9 Å². The molecule has 3 heterocycles. The number of amides is 1. The van der Waals surface area contributed by atoms with Gasteiger partial charge >= 0.3 is 5.97 Å². The molecule has 0 fully saturated rings. The number of hydrogen-bond donors (Lipinski definition) is 1. The van der Waals surface area contributed by atoms with Crippen molar-refractivity contribution in [1.82, 2.24) is 14.5 Å². The highest BCUT2D eigenvalue weighted by molar-refractivity contribution is 5.94. The Balaban J connectivity index is 1.95. The standard InChI is InChI=1S/C14H15N3O4/c1-2-16-8-15-11-6-17(5-10(12(11)16)14(19)20)13(18)9-3-4-21-7-9/h3-4,7-8,10H,2,5-6H2,1H3,(H,19,20)/t10-/m0/s1. The smallest absolute Gasteiger partial charge is 0.314 e. The zero-order chi connectivity index (χ0) is 15.0. The minimum Gasteiger partial charge on any atom is -0.481 e. The number of carboxylic acid groups (broad SMARTS) is 1. The van der Waals surface area contributed by atoms with Crippen LogP contribution in [0.1, 0.15) is 34.6 Å². The summed E-state index contributed by atoms with van der Waals surface area (Å²) in [5.74, 6) is -1.95. The van der Waals surface area contributed by atoms with Gasteiger partial charge in [-0.3, -0.25) is 9.59 Å². The van der Waals surface area contributed by atoms with Gasteiger partial charge in [-0.15, -0.1) is 0 Å². The van der Waals surface area contributed by atoms with E-state index in [0.29, 0.717) is 30.0 Å². The Morgan fingerprint density at radius 3 is 2.95 bits per heavy atom. The van der Waals surface area contributed by atoms with E-state index in [1.54, 1.807) is 12.4 Å². The summed E-state index contributed by atoms with van der Waals surface area (Å²) in [5.41, 5.74) is 1.76. The molecule has 1 N–H and O–H groups in total. The third-order valence-electron chi connectivity index (χ3n) is 3.73. The second-order valence-corrected chi connectivity index (χ2v) is 4.95. The largest absolute Gasteiger partial charge is 0.481 e. The highest BCUT2D eigenvalue weighted by Gasteiger charge is 2.36. The van der Waals surface area contributed by atoms with Gasteiger partial charge in [0.1, 0.15) is 12.2 Å². The van der Waals surface area contributed by atoms with Gasteiger partial charge in [0, 0.05) is 13.1 Å². The Morgan fingerprint density at radius 1 is 1.52 bits per heavy atom. The molecule has 2 aromatic heterocycles. The SMILES string of the molecule is CCn1cnc2c1[C@@H](C(=O)O)CN(C(=O)c1ccoc1)C2. The fraction of sp³-hybridized carbons (Fsp3) is 0.357. The molecule has 0 bridgehead atoms. The molecule has 3 rings (SSSR count). The van der Waals surface area contributed by atoms with Crippen molar-refractivity contribution in [2.45, 2.75) is 25.9 Å². The number of imidazole rings is 1. The van der Waals surface area contributed by atoms with Gasteiger partial charge in [-0.1, -0.05) is 0 Å². The van der Waals surface area contributed by atoms with Crippen molar-refractivity contribution in [2.24, 2.45) is 0 Å². The van der Waals surface area contributed by atoms with Crippen LogP contribution in [0.5, 0.6) is 0 Å². The third kappa shape index (κ3) is 2.20. The van der Waals surface area contributed by atoms with E-state index in [9.17, 15) is 14.7 Å². The normalized spacial score (nSPS) is 17.6. The summed E-state index contributed by atoms with van der Waals surface area (Å²) in [6, 6.07) is 1.57. The van der Waals surface area contributed by atoms with Gasteiger partial charge in [0.25, 0.3) is 5.91 Å². The Bertz CT molecular complexity index is 674. The molecule has 2 aromatic rings. The van der Waals surface area contributed by atoms with E-state index in [1.165, 1.54) is 17.4 Å². The maximum absolute atomic E-state index is 12.4. The molecular formula is C14H15N3O4. The molecule has 0 spiro atoms. The molecule has 1 amide bonds. The minimum absolute atomic E-state index is 0.137. The maximum Gasteiger partial charge on any atom is 0.314 e. The maximum atomic E-state index is 12.4. The van der Waals surface area contributed by atoms with Gasteiger partial charge in [-0.2, -0.15) is 0 Å². The number of hydrogen-bond acceptors (Lipinski definition) is 4. The lowest BCUT2D eigenvalue weighted by Crippen LogP contribution is -2.41. The van der Waals surface area contributed by atoms with Crippen LogP contribution in [0, 0.1) is 0 Å². The molecule has 0 aromatic carbocycles. The highest BCUT2D eigenvalue weighted by Crippen LogP contribution is 2.29. The number of fused-ring (bicyclic) bond motifs is 1. The molecule has 7 nitrogen and oxygen atoms in total. The Labute approximate surface area is 120 Å². The van der Waals surface area contributed by atoms with Crippen LogP contribution in [0.3, 0.4) is 0 Å². The van der Waals surface area contributed by atoms with Gasteiger partial charge < -0.3 is 19.0 Å². The molecule has 21 heavy (non-hydrogen) atoms. The fourth-order valence-electron chi connectivity index (χ4n) is 2.68. The zero-order valence-corrected chi connectivity index (χ0v) is 11.5. The van der Waals surface area contributed by atoms with Crippen LogP contribution in [0.25, 0.3) is 0 Å². The molecule has 0 saturated heterocycles.